The number of hydrogen-bond donors (Lipinski definition) is 1. The zero-order valence-corrected chi connectivity index (χ0v) is 19.5. The van der Waals surface area contributed by atoms with E-state index in [0.717, 1.165) is 34.8 Å². The Morgan fingerprint density at radius 1 is 0.833 bits per heavy atom. The van der Waals surface area contributed by atoms with E-state index in [4.69, 9.17) is 0 Å². The van der Waals surface area contributed by atoms with Gasteiger partial charge in [-0.2, -0.15) is 13.2 Å². The van der Waals surface area contributed by atoms with Gasteiger partial charge in [-0.3, -0.25) is 14.9 Å². The van der Waals surface area contributed by atoms with Gasteiger partial charge >= 0.3 is 12.2 Å². The minimum Gasteiger partial charge on any atom is -0.273 e. The number of anilines is 1. The number of nitrogens with zero attached hydrogens (tertiary/aromatic N) is 1. The lowest BCUT2D eigenvalue weighted by Crippen LogP contribution is -2.54. The van der Waals surface area contributed by atoms with E-state index in [0.29, 0.717) is 5.69 Å². The van der Waals surface area contributed by atoms with Crippen molar-refractivity contribution in [3.05, 3.63) is 70.8 Å². The summed E-state index contributed by atoms with van der Waals surface area (Å²) >= 11 is 0. The largest absolute Gasteiger partial charge is 0.416 e. The highest BCUT2D eigenvalue weighted by Gasteiger charge is 2.51. The van der Waals surface area contributed by atoms with Crippen LogP contribution in [-0.2, 0) is 21.2 Å². The van der Waals surface area contributed by atoms with Gasteiger partial charge in [-0.15, -0.1) is 0 Å². The molecule has 1 saturated heterocycles. The van der Waals surface area contributed by atoms with Gasteiger partial charge < -0.3 is 0 Å². The van der Waals surface area contributed by atoms with Crippen molar-refractivity contribution in [2.45, 2.75) is 50.1 Å². The number of carbonyl (C=O) groups is 3. The maximum atomic E-state index is 13.2. The van der Waals surface area contributed by atoms with Crippen LogP contribution in [0.1, 0.15) is 55.2 Å². The Bertz CT molecular complexity index is 1240. The first-order valence-electron chi connectivity index (χ1n) is 12.3. The number of hydrogen-bond acceptors (Lipinski definition) is 3. The molecular weight excluding hydrogens is 469 g/mol. The van der Waals surface area contributed by atoms with Gasteiger partial charge in [0.2, 0.25) is 0 Å². The predicted octanol–water partition coefficient (Wildman–Crippen LogP) is 5.84. The molecule has 2 aromatic carbocycles. The van der Waals surface area contributed by atoms with Crippen LogP contribution in [0.4, 0.5) is 23.7 Å². The average Bonchev–Trinajstić information content (AvgIpc) is 2.81. The van der Waals surface area contributed by atoms with Crippen LogP contribution in [0.3, 0.4) is 0 Å². The average molecular weight is 495 g/mol. The van der Waals surface area contributed by atoms with Gasteiger partial charge in [0, 0.05) is 0 Å². The van der Waals surface area contributed by atoms with E-state index in [1.165, 1.54) is 62.3 Å². The third-order valence-electron chi connectivity index (χ3n) is 8.43. The Balaban J connectivity index is 1.26. The fourth-order valence-electron chi connectivity index (χ4n) is 7.26. The Labute approximate surface area is 206 Å². The number of halogens is 3. The standard InChI is InChI=1S/C28H25F3N2O3/c29-28(30,31)21-3-1-16(2-4-21)12-23-24(34)32-26(36)33(25(23)35)22-7-5-20(6-8-22)27-13-17-9-18(14-27)11-19(10-17)15-27/h1-8,12,17-19H,9-11,13-15H2,(H,32,34,36). The number of carbonyl (C=O) groups excluding carboxylic acids is 3. The zero-order chi connectivity index (χ0) is 25.2. The van der Waals surface area contributed by atoms with Gasteiger partial charge in [-0.05, 0) is 103 Å². The minimum atomic E-state index is -4.49. The van der Waals surface area contributed by atoms with Gasteiger partial charge in [0.1, 0.15) is 5.57 Å². The Morgan fingerprint density at radius 2 is 1.39 bits per heavy atom. The molecule has 1 N–H and O–H groups in total. The Morgan fingerprint density at radius 3 is 1.92 bits per heavy atom. The van der Waals surface area contributed by atoms with Crippen LogP contribution in [0, 0.1) is 17.8 Å². The van der Waals surface area contributed by atoms with E-state index in [2.05, 4.69) is 5.32 Å². The molecule has 1 heterocycles. The van der Waals surface area contributed by atoms with Gasteiger partial charge in [-0.25, -0.2) is 9.69 Å². The smallest absolute Gasteiger partial charge is 0.273 e. The van der Waals surface area contributed by atoms with Gasteiger partial charge in [0.05, 0.1) is 11.3 Å². The first-order chi connectivity index (χ1) is 17.1. The Kier molecular flexibility index (Phi) is 5.14. The molecule has 0 spiro atoms. The third kappa shape index (κ3) is 3.83. The first kappa shape index (κ1) is 23.0. The summed E-state index contributed by atoms with van der Waals surface area (Å²) in [5, 5.41) is 2.17. The molecule has 5 fully saturated rings. The molecule has 0 radical (unpaired) electrons. The number of barbiturate groups is 1. The molecule has 186 valence electrons. The molecule has 0 aromatic heterocycles. The van der Waals surface area contributed by atoms with E-state index in [1.807, 2.05) is 12.1 Å². The van der Waals surface area contributed by atoms with Crippen molar-refractivity contribution < 1.29 is 27.6 Å². The summed E-state index contributed by atoms with van der Waals surface area (Å²) in [4.78, 5) is 39.1. The van der Waals surface area contributed by atoms with Gasteiger partial charge in [0.25, 0.3) is 11.8 Å². The summed E-state index contributed by atoms with van der Waals surface area (Å²) in [7, 11) is 0. The summed E-state index contributed by atoms with van der Waals surface area (Å²) in [6.45, 7) is 0. The van der Waals surface area contributed by atoms with E-state index in [-0.39, 0.29) is 16.6 Å². The van der Waals surface area contributed by atoms with E-state index in [9.17, 15) is 27.6 Å². The van der Waals surface area contributed by atoms with Crippen molar-refractivity contribution in [3.63, 3.8) is 0 Å². The fourth-order valence-corrected chi connectivity index (χ4v) is 7.26. The topological polar surface area (TPSA) is 66.5 Å². The molecule has 2 aromatic rings. The van der Waals surface area contributed by atoms with Gasteiger partial charge in [-0.1, -0.05) is 24.3 Å². The number of urea groups is 1. The Hall–Kier alpha value is -3.42. The van der Waals surface area contributed by atoms with Crippen LogP contribution < -0.4 is 10.2 Å². The maximum absolute atomic E-state index is 13.2. The van der Waals surface area contributed by atoms with Crippen molar-refractivity contribution >= 4 is 29.6 Å². The fraction of sp³-hybridized carbons (Fsp3) is 0.393. The number of alkyl halides is 3. The summed E-state index contributed by atoms with van der Waals surface area (Å²) in [5.74, 6) is 0.662. The first-order valence-corrected chi connectivity index (χ1v) is 12.3. The van der Waals surface area contributed by atoms with Crippen molar-refractivity contribution in [1.29, 1.82) is 0 Å². The molecule has 5 aliphatic rings. The molecule has 0 unspecified atom stereocenters. The molecule has 1 aliphatic heterocycles. The lowest BCUT2D eigenvalue weighted by atomic mass is 9.48. The number of nitrogens with one attached hydrogen (secondary N) is 1. The molecule has 0 atom stereocenters. The number of amides is 4. The normalized spacial score (nSPS) is 30.8. The second-order valence-electron chi connectivity index (χ2n) is 10.8. The van der Waals surface area contributed by atoms with E-state index < -0.39 is 29.6 Å². The number of benzene rings is 2. The molecular formula is C28H25F3N2O3. The summed E-state index contributed by atoms with van der Waals surface area (Å²) < 4.78 is 38.5. The molecule has 5 nitrogen and oxygen atoms in total. The zero-order valence-electron chi connectivity index (χ0n) is 19.5. The summed E-state index contributed by atoms with van der Waals surface area (Å²) in [6.07, 6.45) is 4.28. The van der Waals surface area contributed by atoms with Crippen molar-refractivity contribution in [2.24, 2.45) is 17.8 Å². The van der Waals surface area contributed by atoms with Gasteiger partial charge in [0.15, 0.2) is 0 Å². The van der Waals surface area contributed by atoms with Crippen LogP contribution in [0.15, 0.2) is 54.1 Å². The second-order valence-corrected chi connectivity index (χ2v) is 10.8. The van der Waals surface area contributed by atoms with Crippen molar-refractivity contribution in [1.82, 2.24) is 5.32 Å². The highest BCUT2D eigenvalue weighted by Crippen LogP contribution is 2.60. The van der Waals surface area contributed by atoms with Crippen molar-refractivity contribution in [2.75, 3.05) is 4.90 Å². The van der Waals surface area contributed by atoms with Crippen LogP contribution in [0.2, 0.25) is 0 Å². The predicted molar refractivity (Wildman–Crippen MR) is 127 cm³/mol. The van der Waals surface area contributed by atoms with E-state index in [1.54, 1.807) is 12.1 Å². The third-order valence-corrected chi connectivity index (χ3v) is 8.43. The quantitative estimate of drug-likeness (QED) is 0.431. The van der Waals surface area contributed by atoms with Crippen LogP contribution in [0.5, 0.6) is 0 Å². The SMILES string of the molecule is O=C1NC(=O)N(c2ccc(C34CC5CC(CC(C5)C3)C4)cc2)C(=O)C1=Cc1ccc(C(F)(F)F)cc1. The van der Waals surface area contributed by atoms with Crippen LogP contribution in [-0.4, -0.2) is 17.8 Å². The molecule has 4 saturated carbocycles. The minimum absolute atomic E-state index is 0.172. The number of imide groups is 2. The van der Waals surface area contributed by atoms with Crippen molar-refractivity contribution in [3.8, 4) is 0 Å². The molecule has 36 heavy (non-hydrogen) atoms. The van der Waals surface area contributed by atoms with E-state index >= 15 is 0 Å². The summed E-state index contributed by atoms with van der Waals surface area (Å²) in [6, 6.07) is 10.8. The molecule has 4 bridgehead atoms. The monoisotopic (exact) mass is 494 g/mol. The molecule has 8 heteroatoms. The lowest BCUT2D eigenvalue weighted by molar-refractivity contribution is -0.137. The number of rotatable bonds is 3. The van der Waals surface area contributed by atoms with Crippen LogP contribution >= 0.6 is 0 Å². The second kappa shape index (κ2) is 8.05. The highest BCUT2D eigenvalue weighted by molar-refractivity contribution is 6.39. The molecule has 7 rings (SSSR count). The molecule has 4 aliphatic carbocycles. The van der Waals surface area contributed by atoms with Crippen LogP contribution in [0.25, 0.3) is 6.08 Å². The highest BCUT2D eigenvalue weighted by atomic mass is 19.4. The lowest BCUT2D eigenvalue weighted by Gasteiger charge is -2.57. The maximum Gasteiger partial charge on any atom is 0.416 e. The summed E-state index contributed by atoms with van der Waals surface area (Å²) in [5.41, 5.74) is 0.849. The molecule has 4 amide bonds.